The number of rotatable bonds is 4. The number of hydrogen-bond acceptors (Lipinski definition) is 1. The average Bonchev–Trinajstić information content (AvgIpc) is 2.42. The van der Waals surface area contributed by atoms with Gasteiger partial charge in [0.25, 0.3) is 0 Å². The van der Waals surface area contributed by atoms with E-state index >= 15 is 0 Å². The molecule has 0 amide bonds. The van der Waals surface area contributed by atoms with Crippen LogP contribution in [0.4, 0.5) is 0 Å². The Morgan fingerprint density at radius 2 is 1.50 bits per heavy atom. The van der Waals surface area contributed by atoms with Crippen molar-refractivity contribution in [3.63, 3.8) is 0 Å². The van der Waals surface area contributed by atoms with Crippen LogP contribution in [0.2, 0.25) is 0 Å². The highest BCUT2D eigenvalue weighted by molar-refractivity contribution is 5.31. The maximum absolute atomic E-state index is 2.38. The summed E-state index contributed by atoms with van der Waals surface area (Å²) in [6.07, 6.45) is 0. The molecule has 22 heavy (non-hydrogen) atoms. The van der Waals surface area contributed by atoms with Crippen molar-refractivity contribution in [2.45, 2.75) is 53.1 Å². The van der Waals surface area contributed by atoms with Gasteiger partial charge in [0.2, 0.25) is 0 Å². The summed E-state index contributed by atoms with van der Waals surface area (Å²) >= 11 is 0. The molecule has 118 valence electrons. The summed E-state index contributed by atoms with van der Waals surface area (Å²) < 4.78 is 0. The number of benzene rings is 2. The fourth-order valence-corrected chi connectivity index (χ4v) is 2.74. The lowest BCUT2D eigenvalue weighted by Crippen LogP contribution is -2.18. The second-order valence-electron chi connectivity index (χ2n) is 7.55. The van der Waals surface area contributed by atoms with E-state index in [0.717, 1.165) is 13.1 Å². The lowest BCUT2D eigenvalue weighted by Gasteiger charge is -2.21. The standard InChI is InChI=1S/C21H29N/c1-16-7-8-17(2)19(13-16)15-22(6)14-18-9-11-20(12-10-18)21(3,4)5/h7-13H,14-15H2,1-6H3. The number of hydrogen-bond donors (Lipinski definition) is 0. The van der Waals surface area contributed by atoms with Crippen LogP contribution in [0, 0.1) is 13.8 Å². The van der Waals surface area contributed by atoms with Crippen LogP contribution in [0.1, 0.15) is 48.6 Å². The van der Waals surface area contributed by atoms with Gasteiger partial charge in [-0.3, -0.25) is 4.90 Å². The molecule has 0 saturated heterocycles. The van der Waals surface area contributed by atoms with E-state index < -0.39 is 0 Å². The van der Waals surface area contributed by atoms with Crippen molar-refractivity contribution in [2.75, 3.05) is 7.05 Å². The Labute approximate surface area is 136 Å². The van der Waals surface area contributed by atoms with E-state index in [0.29, 0.717) is 0 Å². The first-order valence-corrected chi connectivity index (χ1v) is 8.10. The van der Waals surface area contributed by atoms with E-state index in [2.05, 4.69) is 89.0 Å². The molecule has 0 bridgehead atoms. The zero-order valence-electron chi connectivity index (χ0n) is 14.9. The molecular weight excluding hydrogens is 266 g/mol. The minimum Gasteiger partial charge on any atom is -0.298 e. The molecular formula is C21H29N. The summed E-state index contributed by atoms with van der Waals surface area (Å²) in [6.45, 7) is 13.1. The molecule has 0 unspecified atom stereocenters. The summed E-state index contributed by atoms with van der Waals surface area (Å²) in [4.78, 5) is 2.38. The molecule has 0 aliphatic carbocycles. The van der Waals surface area contributed by atoms with Gasteiger partial charge < -0.3 is 0 Å². The highest BCUT2D eigenvalue weighted by atomic mass is 15.1. The molecule has 0 aromatic heterocycles. The van der Waals surface area contributed by atoms with E-state index in [1.54, 1.807) is 0 Å². The fraction of sp³-hybridized carbons (Fsp3) is 0.429. The molecule has 0 aliphatic heterocycles. The van der Waals surface area contributed by atoms with E-state index in [-0.39, 0.29) is 5.41 Å². The number of nitrogens with zero attached hydrogens (tertiary/aromatic N) is 1. The van der Waals surface area contributed by atoms with Crippen molar-refractivity contribution in [3.05, 3.63) is 70.3 Å². The minimum absolute atomic E-state index is 0.225. The average molecular weight is 295 g/mol. The zero-order valence-corrected chi connectivity index (χ0v) is 14.9. The first kappa shape index (κ1) is 16.8. The summed E-state index contributed by atoms with van der Waals surface area (Å²) in [5.41, 5.74) is 7.13. The van der Waals surface area contributed by atoms with Crippen molar-refractivity contribution in [2.24, 2.45) is 0 Å². The van der Waals surface area contributed by atoms with E-state index in [1.807, 2.05) is 0 Å². The van der Waals surface area contributed by atoms with Gasteiger partial charge in [-0.15, -0.1) is 0 Å². The Bertz CT molecular complexity index is 617. The highest BCUT2D eigenvalue weighted by Gasteiger charge is 2.13. The Morgan fingerprint density at radius 1 is 0.864 bits per heavy atom. The van der Waals surface area contributed by atoms with E-state index in [4.69, 9.17) is 0 Å². The monoisotopic (exact) mass is 295 g/mol. The van der Waals surface area contributed by atoms with Crippen LogP contribution < -0.4 is 0 Å². The largest absolute Gasteiger partial charge is 0.298 e. The van der Waals surface area contributed by atoms with Crippen LogP contribution in [0.3, 0.4) is 0 Å². The molecule has 0 atom stereocenters. The highest BCUT2D eigenvalue weighted by Crippen LogP contribution is 2.22. The summed E-state index contributed by atoms with van der Waals surface area (Å²) in [5, 5.41) is 0. The van der Waals surface area contributed by atoms with Gasteiger partial charge in [-0.1, -0.05) is 68.8 Å². The summed E-state index contributed by atoms with van der Waals surface area (Å²) in [7, 11) is 2.19. The van der Waals surface area contributed by atoms with Gasteiger partial charge >= 0.3 is 0 Å². The Morgan fingerprint density at radius 3 is 2.09 bits per heavy atom. The van der Waals surface area contributed by atoms with Gasteiger partial charge in [-0.05, 0) is 48.6 Å². The molecule has 1 heteroatoms. The van der Waals surface area contributed by atoms with E-state index in [9.17, 15) is 0 Å². The summed E-state index contributed by atoms with van der Waals surface area (Å²) in [5.74, 6) is 0. The third-order valence-corrected chi connectivity index (χ3v) is 4.22. The molecule has 0 spiro atoms. The molecule has 0 heterocycles. The lowest BCUT2D eigenvalue weighted by atomic mass is 9.87. The third kappa shape index (κ3) is 4.45. The molecule has 0 radical (unpaired) electrons. The quantitative estimate of drug-likeness (QED) is 0.746. The van der Waals surface area contributed by atoms with Gasteiger partial charge in [-0.2, -0.15) is 0 Å². The minimum atomic E-state index is 0.225. The maximum atomic E-state index is 2.38. The second kappa shape index (κ2) is 6.66. The van der Waals surface area contributed by atoms with Crippen LogP contribution >= 0.6 is 0 Å². The smallest absolute Gasteiger partial charge is 0.0236 e. The van der Waals surface area contributed by atoms with Crippen LogP contribution in [0.5, 0.6) is 0 Å². The van der Waals surface area contributed by atoms with Crippen molar-refractivity contribution >= 4 is 0 Å². The van der Waals surface area contributed by atoms with Crippen molar-refractivity contribution in [3.8, 4) is 0 Å². The van der Waals surface area contributed by atoms with Crippen LogP contribution in [-0.4, -0.2) is 11.9 Å². The molecule has 0 aliphatic rings. The van der Waals surface area contributed by atoms with Gasteiger partial charge in [0, 0.05) is 13.1 Å². The van der Waals surface area contributed by atoms with E-state index in [1.165, 1.54) is 27.8 Å². The topological polar surface area (TPSA) is 3.24 Å². The Balaban J connectivity index is 2.03. The fourth-order valence-electron chi connectivity index (χ4n) is 2.74. The zero-order chi connectivity index (χ0) is 16.3. The predicted molar refractivity (Wildman–Crippen MR) is 96.2 cm³/mol. The Hall–Kier alpha value is -1.60. The van der Waals surface area contributed by atoms with Crippen molar-refractivity contribution < 1.29 is 0 Å². The predicted octanol–water partition coefficient (Wildman–Crippen LogP) is 5.23. The first-order valence-electron chi connectivity index (χ1n) is 8.10. The van der Waals surface area contributed by atoms with Crippen molar-refractivity contribution in [1.29, 1.82) is 0 Å². The van der Waals surface area contributed by atoms with Crippen LogP contribution in [-0.2, 0) is 18.5 Å². The lowest BCUT2D eigenvalue weighted by molar-refractivity contribution is 0.318. The SMILES string of the molecule is Cc1ccc(C)c(CN(C)Cc2ccc(C(C)(C)C)cc2)c1. The van der Waals surface area contributed by atoms with Gasteiger partial charge in [0.05, 0.1) is 0 Å². The first-order chi connectivity index (χ1) is 10.3. The third-order valence-electron chi connectivity index (χ3n) is 4.22. The second-order valence-corrected chi connectivity index (χ2v) is 7.55. The molecule has 0 saturated carbocycles. The maximum Gasteiger partial charge on any atom is 0.0236 e. The number of aryl methyl sites for hydroxylation is 2. The Kier molecular flexibility index (Phi) is 5.08. The molecule has 2 rings (SSSR count). The molecule has 1 nitrogen and oxygen atoms in total. The van der Waals surface area contributed by atoms with Gasteiger partial charge in [0.1, 0.15) is 0 Å². The normalized spacial score (nSPS) is 12.0. The van der Waals surface area contributed by atoms with Crippen LogP contribution in [0.25, 0.3) is 0 Å². The van der Waals surface area contributed by atoms with Crippen LogP contribution in [0.15, 0.2) is 42.5 Å². The molecule has 2 aromatic carbocycles. The molecule has 0 N–H and O–H groups in total. The molecule has 2 aromatic rings. The molecule has 0 fully saturated rings. The van der Waals surface area contributed by atoms with Gasteiger partial charge in [-0.25, -0.2) is 0 Å². The van der Waals surface area contributed by atoms with Gasteiger partial charge in [0.15, 0.2) is 0 Å². The van der Waals surface area contributed by atoms with Crippen molar-refractivity contribution in [1.82, 2.24) is 4.90 Å². The summed E-state index contributed by atoms with van der Waals surface area (Å²) in [6, 6.07) is 15.8.